The molecule has 2 nitrogen and oxygen atoms in total. The van der Waals surface area contributed by atoms with Crippen molar-refractivity contribution in [3.63, 3.8) is 0 Å². The van der Waals surface area contributed by atoms with Gasteiger partial charge in [0.1, 0.15) is 5.78 Å². The molecule has 0 saturated carbocycles. The van der Waals surface area contributed by atoms with Gasteiger partial charge in [0.05, 0.1) is 6.10 Å². The molecular formula is C10H18O2. The minimum absolute atomic E-state index is 0.205. The van der Waals surface area contributed by atoms with Gasteiger partial charge in [-0.2, -0.15) is 0 Å². The maximum atomic E-state index is 10.5. The van der Waals surface area contributed by atoms with Crippen LogP contribution >= 0.6 is 0 Å². The van der Waals surface area contributed by atoms with Gasteiger partial charge in [0.25, 0.3) is 0 Å². The molecule has 70 valence electrons. The average molecular weight is 170 g/mol. The van der Waals surface area contributed by atoms with E-state index in [1.165, 1.54) is 0 Å². The van der Waals surface area contributed by atoms with E-state index >= 15 is 0 Å². The van der Waals surface area contributed by atoms with E-state index in [2.05, 4.69) is 6.92 Å². The highest BCUT2D eigenvalue weighted by atomic mass is 16.5. The molecule has 0 aliphatic rings. The predicted molar refractivity (Wildman–Crippen MR) is 50.1 cm³/mol. The van der Waals surface area contributed by atoms with Crippen LogP contribution < -0.4 is 0 Å². The zero-order valence-electron chi connectivity index (χ0n) is 8.17. The number of rotatable bonds is 6. The molecule has 0 aromatic rings. The van der Waals surface area contributed by atoms with Crippen LogP contribution in [0.3, 0.4) is 0 Å². The summed E-state index contributed by atoms with van der Waals surface area (Å²) in [5, 5.41) is 0. The Balaban J connectivity index is 3.50. The van der Waals surface area contributed by atoms with E-state index in [1.54, 1.807) is 14.0 Å². The third-order valence-electron chi connectivity index (χ3n) is 1.76. The second-order valence-corrected chi connectivity index (χ2v) is 2.88. The third kappa shape index (κ3) is 6.10. The molecule has 0 spiro atoms. The Labute approximate surface area is 74.6 Å². The fraction of sp³-hybridized carbons (Fsp3) is 0.700. The van der Waals surface area contributed by atoms with Gasteiger partial charge < -0.3 is 4.74 Å². The Morgan fingerprint density at radius 3 is 2.58 bits per heavy atom. The molecule has 0 N–H and O–H groups in total. The number of methoxy groups -OCH3 is 1. The van der Waals surface area contributed by atoms with Gasteiger partial charge in [0.2, 0.25) is 0 Å². The van der Waals surface area contributed by atoms with E-state index in [4.69, 9.17) is 4.74 Å². The summed E-state index contributed by atoms with van der Waals surface area (Å²) in [5.74, 6) is 0.205. The number of ketones is 1. The molecule has 0 aromatic carbocycles. The fourth-order valence-corrected chi connectivity index (χ4v) is 0.927. The predicted octanol–water partition coefficient (Wildman–Crippen LogP) is 2.34. The molecule has 0 aliphatic carbocycles. The summed E-state index contributed by atoms with van der Waals surface area (Å²) in [6.45, 7) is 3.69. The molecule has 0 radical (unpaired) electrons. The number of ether oxygens (including phenoxy) is 1. The SMILES string of the molecule is CCC(CC=CCC(C)=O)OC. The normalized spacial score (nSPS) is 13.6. The Morgan fingerprint density at radius 2 is 2.17 bits per heavy atom. The standard InChI is InChI=1S/C10H18O2/c1-4-10(12-3)8-6-5-7-9(2)11/h5-6,10H,4,7-8H2,1-3H3. The van der Waals surface area contributed by atoms with Crippen LogP contribution in [-0.2, 0) is 9.53 Å². The Bertz CT molecular complexity index is 146. The van der Waals surface area contributed by atoms with Gasteiger partial charge in [-0.25, -0.2) is 0 Å². The van der Waals surface area contributed by atoms with Crippen LogP contribution in [0.4, 0.5) is 0 Å². The van der Waals surface area contributed by atoms with Gasteiger partial charge in [-0.3, -0.25) is 4.79 Å². The first-order valence-electron chi connectivity index (χ1n) is 4.38. The Hall–Kier alpha value is -0.630. The number of carbonyl (C=O) groups is 1. The summed E-state index contributed by atoms with van der Waals surface area (Å²) in [6, 6.07) is 0. The zero-order chi connectivity index (χ0) is 9.40. The average Bonchev–Trinajstić information content (AvgIpc) is 2.04. The van der Waals surface area contributed by atoms with E-state index in [-0.39, 0.29) is 5.78 Å². The maximum absolute atomic E-state index is 10.5. The number of Topliss-reactive ketones (excluding diaryl/α,β-unsaturated/α-hetero) is 1. The molecule has 0 aliphatic heterocycles. The largest absolute Gasteiger partial charge is 0.381 e. The molecule has 0 aromatic heterocycles. The molecule has 0 bridgehead atoms. The van der Waals surface area contributed by atoms with Crippen LogP contribution in [0.2, 0.25) is 0 Å². The highest BCUT2D eigenvalue weighted by Crippen LogP contribution is 2.02. The monoisotopic (exact) mass is 170 g/mol. The lowest BCUT2D eigenvalue weighted by Crippen LogP contribution is -2.06. The van der Waals surface area contributed by atoms with E-state index in [1.807, 2.05) is 12.2 Å². The number of allylic oxidation sites excluding steroid dienone is 1. The van der Waals surface area contributed by atoms with Crippen LogP contribution in [0, 0.1) is 0 Å². The molecule has 1 atom stereocenters. The van der Waals surface area contributed by atoms with Crippen molar-refractivity contribution in [3.8, 4) is 0 Å². The topological polar surface area (TPSA) is 26.3 Å². The maximum Gasteiger partial charge on any atom is 0.133 e. The molecular weight excluding hydrogens is 152 g/mol. The molecule has 2 heteroatoms. The number of hydrogen-bond donors (Lipinski definition) is 0. The summed E-state index contributed by atoms with van der Waals surface area (Å²) in [5.41, 5.74) is 0. The van der Waals surface area contributed by atoms with Gasteiger partial charge in [0.15, 0.2) is 0 Å². The van der Waals surface area contributed by atoms with Crippen LogP contribution in [-0.4, -0.2) is 19.0 Å². The molecule has 0 rings (SSSR count). The second-order valence-electron chi connectivity index (χ2n) is 2.88. The van der Waals surface area contributed by atoms with Crippen molar-refractivity contribution in [1.29, 1.82) is 0 Å². The summed E-state index contributed by atoms with van der Waals surface area (Å²) in [6.07, 6.45) is 6.68. The Morgan fingerprint density at radius 1 is 1.50 bits per heavy atom. The van der Waals surface area contributed by atoms with E-state index in [0.29, 0.717) is 12.5 Å². The van der Waals surface area contributed by atoms with E-state index < -0.39 is 0 Å². The molecule has 0 fully saturated rings. The van der Waals surface area contributed by atoms with Crippen LogP contribution in [0.5, 0.6) is 0 Å². The summed E-state index contributed by atoms with van der Waals surface area (Å²) in [4.78, 5) is 10.5. The van der Waals surface area contributed by atoms with E-state index in [0.717, 1.165) is 12.8 Å². The van der Waals surface area contributed by atoms with Crippen LogP contribution in [0.15, 0.2) is 12.2 Å². The van der Waals surface area contributed by atoms with Gasteiger partial charge in [-0.1, -0.05) is 19.1 Å². The van der Waals surface area contributed by atoms with Crippen LogP contribution in [0.25, 0.3) is 0 Å². The van der Waals surface area contributed by atoms with Gasteiger partial charge in [0, 0.05) is 13.5 Å². The first-order valence-corrected chi connectivity index (χ1v) is 4.38. The minimum atomic E-state index is 0.205. The number of hydrogen-bond acceptors (Lipinski definition) is 2. The summed E-state index contributed by atoms with van der Waals surface area (Å²) in [7, 11) is 1.72. The van der Waals surface area contributed by atoms with Crippen molar-refractivity contribution in [2.75, 3.05) is 7.11 Å². The highest BCUT2D eigenvalue weighted by Gasteiger charge is 1.99. The lowest BCUT2D eigenvalue weighted by Gasteiger charge is -2.08. The minimum Gasteiger partial charge on any atom is -0.381 e. The molecule has 1 unspecified atom stereocenters. The van der Waals surface area contributed by atoms with Gasteiger partial charge in [-0.05, 0) is 19.8 Å². The summed E-state index contributed by atoms with van der Waals surface area (Å²) < 4.78 is 5.17. The lowest BCUT2D eigenvalue weighted by atomic mass is 10.2. The van der Waals surface area contributed by atoms with Crippen molar-refractivity contribution >= 4 is 5.78 Å². The van der Waals surface area contributed by atoms with Crippen molar-refractivity contribution in [3.05, 3.63) is 12.2 Å². The van der Waals surface area contributed by atoms with Crippen LogP contribution in [0.1, 0.15) is 33.1 Å². The van der Waals surface area contributed by atoms with Crippen molar-refractivity contribution in [2.24, 2.45) is 0 Å². The molecule has 12 heavy (non-hydrogen) atoms. The fourth-order valence-electron chi connectivity index (χ4n) is 0.927. The van der Waals surface area contributed by atoms with Crippen molar-refractivity contribution < 1.29 is 9.53 Å². The molecule has 0 saturated heterocycles. The smallest absolute Gasteiger partial charge is 0.133 e. The zero-order valence-corrected chi connectivity index (χ0v) is 8.17. The van der Waals surface area contributed by atoms with Crippen molar-refractivity contribution in [2.45, 2.75) is 39.2 Å². The van der Waals surface area contributed by atoms with Crippen molar-refractivity contribution in [1.82, 2.24) is 0 Å². The first kappa shape index (κ1) is 11.4. The molecule has 0 heterocycles. The Kier molecular flexibility index (Phi) is 6.67. The molecule has 0 amide bonds. The van der Waals surface area contributed by atoms with Gasteiger partial charge in [-0.15, -0.1) is 0 Å². The number of carbonyl (C=O) groups excluding carboxylic acids is 1. The first-order chi connectivity index (χ1) is 5.70. The second kappa shape index (κ2) is 7.04. The quantitative estimate of drug-likeness (QED) is 0.572. The summed E-state index contributed by atoms with van der Waals surface area (Å²) >= 11 is 0. The third-order valence-corrected chi connectivity index (χ3v) is 1.76. The van der Waals surface area contributed by atoms with E-state index in [9.17, 15) is 4.79 Å². The highest BCUT2D eigenvalue weighted by molar-refractivity contribution is 5.76. The lowest BCUT2D eigenvalue weighted by molar-refractivity contribution is -0.116. The van der Waals surface area contributed by atoms with Gasteiger partial charge >= 0.3 is 0 Å².